The van der Waals surface area contributed by atoms with Crippen molar-refractivity contribution in [3.8, 4) is 0 Å². The lowest BCUT2D eigenvalue weighted by Crippen LogP contribution is -2.38. The van der Waals surface area contributed by atoms with Gasteiger partial charge in [0.05, 0.1) is 18.9 Å². The molecule has 27 heavy (non-hydrogen) atoms. The van der Waals surface area contributed by atoms with E-state index in [0.29, 0.717) is 36.6 Å². The fraction of sp³-hybridized carbons (Fsp3) is 0.474. The second-order valence-corrected chi connectivity index (χ2v) is 7.55. The molecule has 2 fully saturated rings. The minimum Gasteiger partial charge on any atom is -0.378 e. The highest BCUT2D eigenvalue weighted by molar-refractivity contribution is 5.78. The van der Waals surface area contributed by atoms with Crippen LogP contribution in [0.2, 0.25) is 0 Å². The Morgan fingerprint density at radius 3 is 2.48 bits per heavy atom. The van der Waals surface area contributed by atoms with Crippen LogP contribution in [0, 0.1) is 13.8 Å². The average molecular weight is 368 g/mol. The van der Waals surface area contributed by atoms with E-state index in [9.17, 15) is 4.79 Å². The summed E-state index contributed by atoms with van der Waals surface area (Å²) in [5.41, 5.74) is 11.5. The number of rotatable bonds is 3. The number of ether oxygens (including phenoxy) is 1. The fourth-order valence-corrected chi connectivity index (χ4v) is 3.92. The molecule has 0 bridgehead atoms. The third kappa shape index (κ3) is 2.90. The van der Waals surface area contributed by atoms with Crippen LogP contribution >= 0.6 is 0 Å². The smallest absolute Gasteiger partial charge is 0.279 e. The second-order valence-electron chi connectivity index (χ2n) is 7.55. The number of hydrogen-bond acceptors (Lipinski definition) is 7. The third-order valence-electron chi connectivity index (χ3n) is 5.44. The van der Waals surface area contributed by atoms with Crippen molar-refractivity contribution in [1.82, 2.24) is 9.97 Å². The van der Waals surface area contributed by atoms with Gasteiger partial charge in [-0.05, 0) is 49.3 Å². The zero-order valence-corrected chi connectivity index (χ0v) is 15.6. The summed E-state index contributed by atoms with van der Waals surface area (Å²) in [4.78, 5) is 22.1. The van der Waals surface area contributed by atoms with Crippen molar-refractivity contribution < 1.29 is 4.74 Å². The maximum absolute atomic E-state index is 12.6. The quantitative estimate of drug-likeness (QED) is 0.766. The number of nitrogens with one attached hydrogen (secondary N) is 3. The molecule has 2 aliphatic heterocycles. The number of benzene rings is 1. The lowest BCUT2D eigenvalue weighted by atomic mass is 10.0. The summed E-state index contributed by atoms with van der Waals surface area (Å²) in [5.74, 6) is 1.84. The number of anilines is 4. The van der Waals surface area contributed by atoms with E-state index in [1.807, 2.05) is 4.90 Å². The van der Waals surface area contributed by atoms with Crippen LogP contribution in [0.3, 0.4) is 0 Å². The maximum Gasteiger partial charge on any atom is 0.279 e. The van der Waals surface area contributed by atoms with E-state index >= 15 is 0 Å². The third-order valence-corrected chi connectivity index (χ3v) is 5.44. The first-order valence-corrected chi connectivity index (χ1v) is 9.52. The standard InChI is InChI=1S/C19H24N6O2/c1-11-9-14(13-3-4-13)10-12(2)16(11)25-22-15-17(23-25)20-19(21-18(15)26)24-5-7-27-8-6-24/h9-10,13,22H,3-8H2,1-2H3,(H2,20,21,23,26). The van der Waals surface area contributed by atoms with Gasteiger partial charge in [-0.1, -0.05) is 12.1 Å². The zero-order chi connectivity index (χ0) is 18.5. The molecule has 5 rings (SSSR count). The molecule has 1 aromatic heterocycles. The number of aromatic amines is 1. The molecule has 0 atom stereocenters. The van der Waals surface area contributed by atoms with Gasteiger partial charge in [0.25, 0.3) is 5.56 Å². The van der Waals surface area contributed by atoms with E-state index in [1.165, 1.54) is 29.5 Å². The zero-order valence-electron chi connectivity index (χ0n) is 15.6. The van der Waals surface area contributed by atoms with Gasteiger partial charge >= 0.3 is 0 Å². The average Bonchev–Trinajstić information content (AvgIpc) is 3.42. The Bertz CT molecular complexity index is 923. The molecule has 1 aromatic carbocycles. The van der Waals surface area contributed by atoms with Gasteiger partial charge in [-0.15, -0.1) is 0 Å². The Morgan fingerprint density at radius 1 is 1.11 bits per heavy atom. The Morgan fingerprint density at radius 2 is 1.81 bits per heavy atom. The van der Waals surface area contributed by atoms with Crippen LogP contribution < -0.4 is 26.4 Å². The SMILES string of the molecule is Cc1cc(C2CC2)cc(C)c1N1Nc2nc(N3CCOCC3)[nH]c(=O)c2N1. The van der Waals surface area contributed by atoms with Crippen molar-refractivity contribution in [2.75, 3.05) is 47.2 Å². The summed E-state index contributed by atoms with van der Waals surface area (Å²) in [7, 11) is 0. The first kappa shape index (κ1) is 16.4. The number of aromatic nitrogens is 2. The summed E-state index contributed by atoms with van der Waals surface area (Å²) in [6, 6.07) is 4.51. The number of hydrazine groups is 2. The number of fused-ring (bicyclic) bond motifs is 1. The summed E-state index contributed by atoms with van der Waals surface area (Å²) < 4.78 is 5.38. The number of hydrogen-bond donors (Lipinski definition) is 3. The van der Waals surface area contributed by atoms with Gasteiger partial charge in [0.1, 0.15) is 0 Å². The van der Waals surface area contributed by atoms with E-state index in [4.69, 9.17) is 4.74 Å². The van der Waals surface area contributed by atoms with Gasteiger partial charge in [0.2, 0.25) is 5.95 Å². The van der Waals surface area contributed by atoms with Crippen molar-refractivity contribution in [1.29, 1.82) is 0 Å². The fourth-order valence-electron chi connectivity index (χ4n) is 3.92. The molecule has 1 saturated heterocycles. The van der Waals surface area contributed by atoms with E-state index < -0.39 is 0 Å². The molecular formula is C19H24N6O2. The highest BCUT2D eigenvalue weighted by Gasteiger charge is 2.29. The van der Waals surface area contributed by atoms with Crippen molar-refractivity contribution in [2.45, 2.75) is 32.6 Å². The molecule has 3 aliphatic rings. The van der Waals surface area contributed by atoms with Crippen LogP contribution in [0.5, 0.6) is 0 Å². The van der Waals surface area contributed by atoms with Crippen LogP contribution in [0.4, 0.5) is 23.1 Å². The first-order chi connectivity index (χ1) is 13.1. The molecule has 142 valence electrons. The number of nitrogens with zero attached hydrogens (tertiary/aromatic N) is 3. The Hall–Kier alpha value is -2.74. The molecule has 2 aromatic rings. The molecule has 0 amide bonds. The lowest BCUT2D eigenvalue weighted by molar-refractivity contribution is 0.122. The van der Waals surface area contributed by atoms with E-state index in [1.54, 1.807) is 5.12 Å². The van der Waals surface area contributed by atoms with Crippen LogP contribution in [0.25, 0.3) is 0 Å². The molecule has 0 unspecified atom stereocenters. The van der Waals surface area contributed by atoms with Gasteiger partial charge in [-0.3, -0.25) is 20.6 Å². The van der Waals surface area contributed by atoms with Gasteiger partial charge in [0.15, 0.2) is 11.5 Å². The predicted octanol–water partition coefficient (Wildman–Crippen LogP) is 2.27. The van der Waals surface area contributed by atoms with Gasteiger partial charge in [0, 0.05) is 13.1 Å². The number of morpholine rings is 1. The van der Waals surface area contributed by atoms with Gasteiger partial charge in [-0.25, -0.2) is 0 Å². The van der Waals surface area contributed by atoms with Crippen LogP contribution in [0.15, 0.2) is 16.9 Å². The molecule has 0 spiro atoms. The van der Waals surface area contributed by atoms with E-state index in [-0.39, 0.29) is 5.56 Å². The molecule has 3 N–H and O–H groups in total. The van der Waals surface area contributed by atoms with E-state index in [2.05, 4.69) is 46.8 Å². The highest BCUT2D eigenvalue weighted by atomic mass is 16.5. The van der Waals surface area contributed by atoms with Crippen molar-refractivity contribution in [3.05, 3.63) is 39.2 Å². The minimum absolute atomic E-state index is 0.179. The molecular weight excluding hydrogens is 344 g/mol. The van der Waals surface area contributed by atoms with E-state index in [0.717, 1.165) is 18.8 Å². The van der Waals surface area contributed by atoms with Gasteiger partial charge in [-0.2, -0.15) is 10.1 Å². The molecule has 1 aliphatic carbocycles. The summed E-state index contributed by atoms with van der Waals surface area (Å²) in [6.45, 7) is 6.95. The monoisotopic (exact) mass is 368 g/mol. The number of aryl methyl sites for hydroxylation is 2. The highest BCUT2D eigenvalue weighted by Crippen LogP contribution is 2.42. The summed E-state index contributed by atoms with van der Waals surface area (Å²) in [5, 5.41) is 1.80. The van der Waals surface area contributed by atoms with Crippen molar-refractivity contribution >= 4 is 23.1 Å². The Kier molecular flexibility index (Phi) is 3.75. The summed E-state index contributed by atoms with van der Waals surface area (Å²) >= 11 is 0. The molecule has 0 radical (unpaired) electrons. The maximum atomic E-state index is 12.6. The largest absolute Gasteiger partial charge is 0.378 e. The van der Waals surface area contributed by atoms with Crippen LogP contribution in [-0.2, 0) is 4.74 Å². The Labute approximate surface area is 157 Å². The van der Waals surface area contributed by atoms with Crippen molar-refractivity contribution in [3.63, 3.8) is 0 Å². The second kappa shape index (κ2) is 6.16. The van der Waals surface area contributed by atoms with Gasteiger partial charge < -0.3 is 9.64 Å². The molecule has 8 nitrogen and oxygen atoms in total. The van der Waals surface area contributed by atoms with Crippen molar-refractivity contribution in [2.24, 2.45) is 0 Å². The van der Waals surface area contributed by atoms with Crippen LogP contribution in [0.1, 0.15) is 35.4 Å². The molecule has 3 heterocycles. The first-order valence-electron chi connectivity index (χ1n) is 9.52. The number of H-pyrrole nitrogens is 1. The molecule has 8 heteroatoms. The molecule has 1 saturated carbocycles. The summed E-state index contributed by atoms with van der Waals surface area (Å²) in [6.07, 6.45) is 2.57. The lowest BCUT2D eigenvalue weighted by Gasteiger charge is -2.27. The van der Waals surface area contributed by atoms with Crippen LogP contribution in [-0.4, -0.2) is 36.3 Å². The Balaban J connectivity index is 1.45. The predicted molar refractivity (Wildman–Crippen MR) is 106 cm³/mol. The topological polar surface area (TPSA) is 85.5 Å². The normalized spacial score (nSPS) is 18.9. The minimum atomic E-state index is -0.179.